The fourth-order valence-electron chi connectivity index (χ4n) is 5.57. The number of piperidine rings is 1. The lowest BCUT2D eigenvalue weighted by Crippen LogP contribution is -2.51. The van der Waals surface area contributed by atoms with Crippen LogP contribution in [0.1, 0.15) is 31.7 Å². The second-order valence-electron chi connectivity index (χ2n) is 11.1. The number of hydrogen-bond donors (Lipinski definition) is 2. The molecule has 2 aliphatic heterocycles. The average molecular weight is 597 g/mol. The van der Waals surface area contributed by atoms with E-state index in [1.54, 1.807) is 13.2 Å². The van der Waals surface area contributed by atoms with Crippen molar-refractivity contribution in [2.24, 2.45) is 0 Å². The molecule has 226 valence electrons. The topological polar surface area (TPSA) is 81.7 Å². The number of ether oxygens (including phenoxy) is 5. The van der Waals surface area contributed by atoms with Crippen LogP contribution in [0.2, 0.25) is 5.02 Å². The smallest absolute Gasteiger partial charge is 0.143 e. The molecule has 0 aliphatic carbocycles. The molecule has 9 heteroatoms. The molecule has 4 atom stereocenters. The molecule has 42 heavy (non-hydrogen) atoms. The fraction of sp³-hybridized carbons (Fsp3) is 0.455. The monoisotopic (exact) mass is 596 g/mol. The summed E-state index contributed by atoms with van der Waals surface area (Å²) in [6.45, 7) is 7.81. The van der Waals surface area contributed by atoms with Crippen LogP contribution in [0.5, 0.6) is 23.0 Å². The van der Waals surface area contributed by atoms with E-state index in [9.17, 15) is 5.11 Å². The number of para-hydroxylation sites is 2. The van der Waals surface area contributed by atoms with Gasteiger partial charge in [0.05, 0.1) is 42.2 Å². The Morgan fingerprint density at radius 3 is 2.60 bits per heavy atom. The van der Waals surface area contributed by atoms with Gasteiger partial charge >= 0.3 is 0 Å². The molecule has 0 spiro atoms. The summed E-state index contributed by atoms with van der Waals surface area (Å²) in [7, 11) is 1.73. The molecule has 2 N–H and O–H groups in total. The Balaban J connectivity index is 1.22. The van der Waals surface area contributed by atoms with Crippen LogP contribution in [0.3, 0.4) is 0 Å². The summed E-state index contributed by atoms with van der Waals surface area (Å²) in [5.74, 6) is 2.61. The van der Waals surface area contributed by atoms with Crippen molar-refractivity contribution >= 4 is 17.3 Å². The van der Waals surface area contributed by atoms with Crippen molar-refractivity contribution in [2.75, 3.05) is 51.4 Å². The van der Waals surface area contributed by atoms with Gasteiger partial charge in [-0.3, -0.25) is 0 Å². The van der Waals surface area contributed by atoms with Crippen molar-refractivity contribution in [3.63, 3.8) is 0 Å². The largest absolute Gasteiger partial charge is 0.489 e. The number of anilines is 1. The van der Waals surface area contributed by atoms with E-state index in [2.05, 4.69) is 16.3 Å². The minimum atomic E-state index is -0.582. The molecular formula is C33H41ClN2O6. The first kappa shape index (κ1) is 30.4. The normalized spacial score (nSPS) is 22.0. The number of nitrogens with zero attached hydrogens (tertiary/aromatic N) is 1. The highest BCUT2D eigenvalue weighted by atomic mass is 35.5. The molecule has 0 amide bonds. The first-order chi connectivity index (χ1) is 20.4. The van der Waals surface area contributed by atoms with Crippen molar-refractivity contribution < 1.29 is 28.8 Å². The van der Waals surface area contributed by atoms with Gasteiger partial charge in [0.15, 0.2) is 0 Å². The first-order valence-corrected chi connectivity index (χ1v) is 15.0. The van der Waals surface area contributed by atoms with Crippen molar-refractivity contribution in [3.05, 3.63) is 77.3 Å². The van der Waals surface area contributed by atoms with Gasteiger partial charge in [-0.15, -0.1) is 0 Å². The molecule has 1 saturated heterocycles. The Hall–Kier alpha value is -3.01. The Kier molecular flexibility index (Phi) is 10.5. The highest BCUT2D eigenvalue weighted by Crippen LogP contribution is 2.36. The van der Waals surface area contributed by atoms with Crippen LogP contribution in [0.25, 0.3) is 0 Å². The molecule has 3 aromatic rings. The van der Waals surface area contributed by atoms with E-state index >= 15 is 0 Å². The number of aliphatic hydroxyl groups excluding tert-OH is 1. The van der Waals surface area contributed by atoms with Gasteiger partial charge in [-0.1, -0.05) is 35.9 Å². The van der Waals surface area contributed by atoms with Crippen molar-refractivity contribution in [1.29, 1.82) is 0 Å². The SMILES string of the molecule is COCCCN1CC(COC2CNCC(O)C2c2ccc(Oc3ccc(OC(C)C)c(Cl)c3)cc2)Oc2ccccc21. The predicted molar refractivity (Wildman–Crippen MR) is 165 cm³/mol. The van der Waals surface area contributed by atoms with E-state index in [4.69, 9.17) is 35.3 Å². The molecule has 1 fully saturated rings. The number of aliphatic hydroxyl groups is 1. The zero-order chi connectivity index (χ0) is 29.5. The summed E-state index contributed by atoms with van der Waals surface area (Å²) in [5, 5.41) is 14.8. The third-order valence-corrected chi connectivity index (χ3v) is 7.77. The van der Waals surface area contributed by atoms with Gasteiger partial charge in [0, 0.05) is 45.3 Å². The maximum Gasteiger partial charge on any atom is 0.143 e. The summed E-state index contributed by atoms with van der Waals surface area (Å²) in [5.41, 5.74) is 2.10. The lowest BCUT2D eigenvalue weighted by molar-refractivity contribution is -0.0499. The number of rotatable bonds is 12. The lowest BCUT2D eigenvalue weighted by Gasteiger charge is -2.39. The Labute approximate surface area is 253 Å². The fourth-order valence-corrected chi connectivity index (χ4v) is 5.79. The van der Waals surface area contributed by atoms with Crippen LogP contribution < -0.4 is 24.4 Å². The van der Waals surface area contributed by atoms with Gasteiger partial charge in [0.25, 0.3) is 0 Å². The molecule has 2 heterocycles. The third kappa shape index (κ3) is 7.68. The van der Waals surface area contributed by atoms with Gasteiger partial charge in [-0.05, 0) is 62.2 Å². The number of fused-ring (bicyclic) bond motifs is 1. The molecule has 0 aromatic heterocycles. The highest BCUT2D eigenvalue weighted by Gasteiger charge is 2.35. The Morgan fingerprint density at radius 1 is 1.05 bits per heavy atom. The number of methoxy groups -OCH3 is 1. The Morgan fingerprint density at radius 2 is 1.83 bits per heavy atom. The summed E-state index contributed by atoms with van der Waals surface area (Å²) < 4.78 is 29.8. The van der Waals surface area contributed by atoms with Crippen LogP contribution >= 0.6 is 11.6 Å². The quantitative estimate of drug-likeness (QED) is 0.259. The standard InChI is InChI=1S/C33H41ClN2O6/c1-22(2)40-30-14-13-25(17-27(30)34)41-24-11-9-23(10-12-24)33-29(37)18-35-19-32(33)39-21-26-20-36(15-6-16-38-3)28-7-4-5-8-31(28)42-26/h4-5,7-14,17,22,26,29,32-33,35,37H,6,15-16,18-21H2,1-3H3. The maximum absolute atomic E-state index is 11.0. The molecule has 0 bridgehead atoms. The van der Waals surface area contributed by atoms with Crippen LogP contribution in [0.4, 0.5) is 5.69 Å². The van der Waals surface area contributed by atoms with Crippen molar-refractivity contribution in [1.82, 2.24) is 5.32 Å². The number of hydrogen-bond acceptors (Lipinski definition) is 8. The second-order valence-corrected chi connectivity index (χ2v) is 11.5. The molecular weight excluding hydrogens is 556 g/mol. The molecule has 0 saturated carbocycles. The molecule has 0 radical (unpaired) electrons. The van der Waals surface area contributed by atoms with Gasteiger partial charge in [0.2, 0.25) is 0 Å². The minimum Gasteiger partial charge on any atom is -0.489 e. The summed E-state index contributed by atoms with van der Waals surface area (Å²) in [4.78, 5) is 2.34. The van der Waals surface area contributed by atoms with Gasteiger partial charge < -0.3 is 39.0 Å². The van der Waals surface area contributed by atoms with E-state index in [1.165, 1.54) is 0 Å². The molecule has 5 rings (SSSR count). The second kappa shape index (κ2) is 14.4. The average Bonchev–Trinajstić information content (AvgIpc) is 2.98. The van der Waals surface area contributed by atoms with Gasteiger partial charge in [0.1, 0.15) is 29.1 Å². The number of nitrogens with one attached hydrogen (secondary N) is 1. The molecule has 3 aromatic carbocycles. The lowest BCUT2D eigenvalue weighted by atomic mass is 9.85. The third-order valence-electron chi connectivity index (χ3n) is 7.48. The number of halogens is 1. The highest BCUT2D eigenvalue weighted by molar-refractivity contribution is 6.32. The van der Waals surface area contributed by atoms with E-state index in [-0.39, 0.29) is 24.2 Å². The summed E-state index contributed by atoms with van der Waals surface area (Å²) in [6.07, 6.45) is 0.0516. The van der Waals surface area contributed by atoms with E-state index < -0.39 is 6.10 Å². The van der Waals surface area contributed by atoms with E-state index in [0.717, 1.165) is 36.5 Å². The molecule has 4 unspecified atom stereocenters. The van der Waals surface area contributed by atoms with E-state index in [1.807, 2.05) is 68.4 Å². The maximum atomic E-state index is 11.0. The van der Waals surface area contributed by atoms with Crippen molar-refractivity contribution in [2.45, 2.75) is 50.6 Å². The predicted octanol–water partition coefficient (Wildman–Crippen LogP) is 5.66. The summed E-state index contributed by atoms with van der Waals surface area (Å²) >= 11 is 6.38. The number of benzene rings is 3. The Bertz CT molecular complexity index is 1290. The zero-order valence-corrected chi connectivity index (χ0v) is 25.3. The van der Waals surface area contributed by atoms with Gasteiger partial charge in [-0.2, -0.15) is 0 Å². The van der Waals surface area contributed by atoms with Crippen LogP contribution in [-0.2, 0) is 9.47 Å². The molecule has 8 nitrogen and oxygen atoms in total. The van der Waals surface area contributed by atoms with Gasteiger partial charge in [-0.25, -0.2) is 0 Å². The summed E-state index contributed by atoms with van der Waals surface area (Å²) in [6, 6.07) is 21.3. The molecule has 2 aliphatic rings. The van der Waals surface area contributed by atoms with Crippen LogP contribution in [-0.4, -0.2) is 76.0 Å². The number of β-amino-alcohol motifs (C(OH)–C–C–N with tert-alkyl or cyclic N) is 1. The van der Waals surface area contributed by atoms with Crippen molar-refractivity contribution in [3.8, 4) is 23.0 Å². The minimum absolute atomic E-state index is 0.0349. The first-order valence-electron chi connectivity index (χ1n) is 14.6. The van der Waals surface area contributed by atoms with Crippen LogP contribution in [0.15, 0.2) is 66.7 Å². The van der Waals surface area contributed by atoms with Crippen LogP contribution in [0, 0.1) is 0 Å². The zero-order valence-electron chi connectivity index (χ0n) is 24.5. The van der Waals surface area contributed by atoms with E-state index in [0.29, 0.717) is 48.6 Å².